The second-order valence-corrected chi connectivity index (χ2v) is 7.13. The molecule has 164 valence electrons. The first-order valence-electron chi connectivity index (χ1n) is 10.2. The van der Waals surface area contributed by atoms with E-state index in [1.807, 2.05) is 30.3 Å². The zero-order valence-corrected chi connectivity index (χ0v) is 17.8. The van der Waals surface area contributed by atoms with E-state index in [0.717, 1.165) is 5.69 Å². The van der Waals surface area contributed by atoms with E-state index in [1.54, 1.807) is 54.0 Å². The van der Waals surface area contributed by atoms with Crippen molar-refractivity contribution in [2.75, 3.05) is 12.0 Å². The van der Waals surface area contributed by atoms with Gasteiger partial charge in [-0.05, 0) is 43.3 Å². The molecule has 9 heteroatoms. The van der Waals surface area contributed by atoms with Crippen LogP contribution in [-0.2, 0) is 0 Å². The summed E-state index contributed by atoms with van der Waals surface area (Å²) in [7, 11) is 0. The summed E-state index contributed by atoms with van der Waals surface area (Å²) in [5.74, 6) is -0.413. The molecule has 0 saturated heterocycles. The summed E-state index contributed by atoms with van der Waals surface area (Å²) in [5.41, 5.74) is 6.14. The van der Waals surface area contributed by atoms with Crippen molar-refractivity contribution in [3.8, 4) is 11.4 Å². The maximum absolute atomic E-state index is 12.9. The summed E-state index contributed by atoms with van der Waals surface area (Å²) >= 11 is 0. The van der Waals surface area contributed by atoms with Crippen molar-refractivity contribution in [3.05, 3.63) is 84.3 Å². The van der Waals surface area contributed by atoms with Gasteiger partial charge in [0.2, 0.25) is 0 Å². The Morgan fingerprint density at radius 3 is 2.64 bits per heavy atom. The number of carbonyl (C=O) groups is 2. The Labute approximate surface area is 189 Å². The van der Waals surface area contributed by atoms with Gasteiger partial charge >= 0.3 is 0 Å². The molecule has 0 unspecified atom stereocenters. The summed E-state index contributed by atoms with van der Waals surface area (Å²) in [6, 6.07) is 18.0. The van der Waals surface area contributed by atoms with Crippen LogP contribution in [-0.4, -0.2) is 44.5 Å². The maximum Gasteiger partial charge on any atom is 0.255 e. The Morgan fingerprint density at radius 2 is 1.91 bits per heavy atom. The van der Waals surface area contributed by atoms with Gasteiger partial charge in [0.1, 0.15) is 11.4 Å². The van der Waals surface area contributed by atoms with E-state index in [2.05, 4.69) is 25.8 Å². The third-order valence-electron chi connectivity index (χ3n) is 4.94. The lowest BCUT2D eigenvalue weighted by Gasteiger charge is -2.08. The molecular formula is C24H21N7O2. The van der Waals surface area contributed by atoms with E-state index < -0.39 is 5.91 Å². The van der Waals surface area contributed by atoms with Crippen molar-refractivity contribution in [3.63, 3.8) is 0 Å². The van der Waals surface area contributed by atoms with Crippen molar-refractivity contribution in [2.24, 2.45) is 5.10 Å². The third kappa shape index (κ3) is 4.67. The predicted octanol–water partition coefficient (Wildman–Crippen LogP) is 3.45. The molecular weight excluding hydrogens is 418 g/mol. The van der Waals surface area contributed by atoms with Gasteiger partial charge in [-0.1, -0.05) is 24.3 Å². The summed E-state index contributed by atoms with van der Waals surface area (Å²) in [5, 5.41) is 15.1. The predicted molar refractivity (Wildman–Crippen MR) is 127 cm³/mol. The van der Waals surface area contributed by atoms with Gasteiger partial charge in [-0.15, -0.1) is 0 Å². The number of fused-ring (bicyclic) bond motifs is 1. The normalized spacial score (nSPS) is 11.2. The number of aromatic nitrogens is 3. The number of rotatable bonds is 8. The highest BCUT2D eigenvalue weighted by atomic mass is 16.1. The van der Waals surface area contributed by atoms with Gasteiger partial charge in [-0.2, -0.15) is 5.10 Å². The summed E-state index contributed by atoms with van der Waals surface area (Å²) < 4.78 is 1.56. The number of nitrogens with one attached hydrogen (secondary N) is 3. The van der Waals surface area contributed by atoms with Gasteiger partial charge in [-0.25, -0.2) is 4.98 Å². The lowest BCUT2D eigenvalue weighted by Crippen LogP contribution is -2.32. The molecule has 0 radical (unpaired) electrons. The van der Waals surface area contributed by atoms with Crippen LogP contribution in [0.5, 0.6) is 0 Å². The molecule has 0 aliphatic carbocycles. The molecule has 0 aliphatic heterocycles. The second kappa shape index (κ2) is 9.65. The van der Waals surface area contributed by atoms with E-state index in [0.29, 0.717) is 34.7 Å². The van der Waals surface area contributed by atoms with Gasteiger partial charge in [0.05, 0.1) is 34.9 Å². The standard InChI is InChI=1S/C24H21N7O2/c1-16(29-30-17-8-3-2-4-9-17)19(25)14-27-24(33)18-10-7-13-31-21(15-32)22(28-23(18)31)20-11-5-6-12-26-20/h2-13,15,25,30H,14H2,1H3,(H,27,33)/b25-19?,29-16-. The van der Waals surface area contributed by atoms with Crippen molar-refractivity contribution < 1.29 is 9.59 Å². The van der Waals surface area contributed by atoms with E-state index in [-0.39, 0.29) is 17.8 Å². The minimum atomic E-state index is -0.413. The fraction of sp³-hybridized carbons (Fsp3) is 0.0833. The van der Waals surface area contributed by atoms with Crippen LogP contribution < -0.4 is 10.7 Å². The molecule has 33 heavy (non-hydrogen) atoms. The molecule has 1 aromatic carbocycles. The number of imidazole rings is 1. The number of anilines is 1. The second-order valence-electron chi connectivity index (χ2n) is 7.13. The molecule has 4 aromatic rings. The highest BCUT2D eigenvalue weighted by molar-refractivity contribution is 6.41. The number of hydrogen-bond donors (Lipinski definition) is 3. The van der Waals surface area contributed by atoms with Crippen molar-refractivity contribution >= 4 is 35.0 Å². The average Bonchev–Trinajstić information content (AvgIpc) is 3.25. The molecule has 9 nitrogen and oxygen atoms in total. The van der Waals surface area contributed by atoms with Gasteiger partial charge in [0.15, 0.2) is 11.9 Å². The van der Waals surface area contributed by atoms with Crippen LogP contribution in [0.2, 0.25) is 0 Å². The minimum absolute atomic E-state index is 0.0139. The summed E-state index contributed by atoms with van der Waals surface area (Å²) in [6.07, 6.45) is 3.98. The molecule has 3 aromatic heterocycles. The van der Waals surface area contributed by atoms with Gasteiger partial charge < -0.3 is 10.7 Å². The topological polar surface area (TPSA) is 125 Å². The number of hydrazone groups is 1. The number of carbonyl (C=O) groups excluding carboxylic acids is 2. The third-order valence-corrected chi connectivity index (χ3v) is 4.94. The van der Waals surface area contributed by atoms with Gasteiger partial charge in [-0.3, -0.25) is 24.4 Å². The molecule has 3 heterocycles. The first-order chi connectivity index (χ1) is 16.1. The Kier molecular flexibility index (Phi) is 6.31. The Morgan fingerprint density at radius 1 is 1.12 bits per heavy atom. The van der Waals surface area contributed by atoms with Gasteiger partial charge in [0, 0.05) is 12.4 Å². The van der Waals surface area contributed by atoms with E-state index in [4.69, 9.17) is 5.41 Å². The van der Waals surface area contributed by atoms with Crippen LogP contribution >= 0.6 is 0 Å². The quantitative estimate of drug-likeness (QED) is 0.220. The Bertz CT molecular complexity index is 1350. The number of nitrogens with zero attached hydrogens (tertiary/aromatic N) is 4. The number of para-hydroxylation sites is 1. The first-order valence-corrected chi connectivity index (χ1v) is 10.2. The highest BCUT2D eigenvalue weighted by Gasteiger charge is 2.19. The highest BCUT2D eigenvalue weighted by Crippen LogP contribution is 2.23. The number of amides is 1. The molecule has 0 bridgehead atoms. The Hall–Kier alpha value is -4.66. The fourth-order valence-electron chi connectivity index (χ4n) is 3.19. The van der Waals surface area contributed by atoms with Crippen LogP contribution in [0, 0.1) is 5.41 Å². The number of hydrogen-bond acceptors (Lipinski definition) is 7. The van der Waals surface area contributed by atoms with Crippen molar-refractivity contribution in [1.82, 2.24) is 19.7 Å². The molecule has 0 spiro atoms. The number of benzene rings is 1. The molecule has 3 N–H and O–H groups in total. The monoisotopic (exact) mass is 439 g/mol. The van der Waals surface area contributed by atoms with Crippen LogP contribution in [0.15, 0.2) is 78.2 Å². The maximum atomic E-state index is 12.9. The molecule has 0 aliphatic rings. The van der Waals surface area contributed by atoms with Crippen LogP contribution in [0.3, 0.4) is 0 Å². The molecule has 0 saturated carbocycles. The summed E-state index contributed by atoms with van der Waals surface area (Å²) in [6.45, 7) is 1.68. The van der Waals surface area contributed by atoms with E-state index in [9.17, 15) is 9.59 Å². The number of pyridine rings is 2. The smallest absolute Gasteiger partial charge is 0.255 e. The molecule has 0 fully saturated rings. The van der Waals surface area contributed by atoms with E-state index >= 15 is 0 Å². The summed E-state index contributed by atoms with van der Waals surface area (Å²) in [4.78, 5) is 33.4. The fourth-order valence-corrected chi connectivity index (χ4v) is 3.19. The van der Waals surface area contributed by atoms with Crippen LogP contribution in [0.1, 0.15) is 27.8 Å². The van der Waals surface area contributed by atoms with Crippen molar-refractivity contribution in [2.45, 2.75) is 6.92 Å². The molecule has 0 atom stereocenters. The van der Waals surface area contributed by atoms with E-state index in [1.165, 1.54) is 0 Å². The average molecular weight is 439 g/mol. The largest absolute Gasteiger partial charge is 0.346 e. The molecule has 4 rings (SSSR count). The van der Waals surface area contributed by atoms with Crippen molar-refractivity contribution in [1.29, 1.82) is 5.41 Å². The van der Waals surface area contributed by atoms with Crippen LogP contribution in [0.4, 0.5) is 5.69 Å². The lowest BCUT2D eigenvalue weighted by atomic mass is 10.2. The minimum Gasteiger partial charge on any atom is -0.346 e. The zero-order chi connectivity index (χ0) is 23.2. The SMILES string of the molecule is C/C(=N/Nc1ccccc1)C(=N)CNC(=O)c1cccn2c(C=O)c(-c3ccccn3)nc12. The Balaban J connectivity index is 1.52. The van der Waals surface area contributed by atoms with Crippen LogP contribution in [0.25, 0.3) is 17.0 Å². The van der Waals surface area contributed by atoms with Gasteiger partial charge in [0.25, 0.3) is 5.91 Å². The first kappa shape index (κ1) is 21.6. The molecule has 1 amide bonds. The zero-order valence-electron chi connectivity index (χ0n) is 17.8. The lowest BCUT2D eigenvalue weighted by molar-refractivity contribution is 0.0960. The number of aldehydes is 1.